The van der Waals surface area contributed by atoms with Gasteiger partial charge < -0.3 is 0 Å². The van der Waals surface area contributed by atoms with E-state index in [0.717, 1.165) is 18.4 Å². The number of aryl methyl sites for hydroxylation is 2. The molecule has 90 valence electrons. The van der Waals surface area contributed by atoms with Crippen molar-refractivity contribution in [1.29, 1.82) is 0 Å². The maximum absolute atomic E-state index is 12.3. The molecule has 0 unspecified atom stereocenters. The quantitative estimate of drug-likeness (QED) is 0.609. The minimum atomic E-state index is 0.00821. The fourth-order valence-electron chi connectivity index (χ4n) is 2.39. The number of pyridine rings is 1. The maximum atomic E-state index is 12.3. The zero-order chi connectivity index (χ0) is 12.5. The van der Waals surface area contributed by atoms with E-state index in [-0.39, 0.29) is 5.78 Å². The molecule has 0 saturated heterocycles. The minimum Gasteiger partial charge on any atom is -0.289 e. The zero-order valence-corrected chi connectivity index (χ0v) is 10.6. The number of aromatic nitrogens is 1. The molecule has 18 heavy (non-hydrogen) atoms. The summed E-state index contributed by atoms with van der Waals surface area (Å²) in [7, 11) is 0. The van der Waals surface area contributed by atoms with Crippen LogP contribution in [-0.2, 0) is 12.8 Å². The smallest absolute Gasteiger partial charge is 0.194 e. The van der Waals surface area contributed by atoms with Crippen molar-refractivity contribution in [2.24, 2.45) is 0 Å². The number of halogens is 1. The second kappa shape index (κ2) is 4.54. The Balaban J connectivity index is 1.95. The summed E-state index contributed by atoms with van der Waals surface area (Å²) in [6.45, 7) is 0. The Morgan fingerprint density at radius 2 is 1.83 bits per heavy atom. The first-order chi connectivity index (χ1) is 8.74. The van der Waals surface area contributed by atoms with Crippen LogP contribution in [0.2, 0.25) is 5.15 Å². The molecule has 1 aromatic carbocycles. The standard InChI is InChI=1S/C15H12ClNO/c16-14-7-6-13(9-17-14)15(18)12-5-4-10-2-1-3-11(10)8-12/h4-9H,1-3H2. The van der Waals surface area contributed by atoms with Crippen LogP contribution in [0.4, 0.5) is 0 Å². The average molecular weight is 258 g/mol. The molecule has 0 saturated carbocycles. The van der Waals surface area contributed by atoms with Crippen LogP contribution in [0.25, 0.3) is 0 Å². The third-order valence-corrected chi connectivity index (χ3v) is 3.57. The number of hydrogen-bond acceptors (Lipinski definition) is 2. The molecular formula is C15H12ClNO. The molecule has 0 amide bonds. The highest BCUT2D eigenvalue weighted by Crippen LogP contribution is 2.24. The molecule has 0 aliphatic heterocycles. The lowest BCUT2D eigenvalue weighted by Crippen LogP contribution is -2.02. The molecule has 1 heterocycles. The Morgan fingerprint density at radius 3 is 2.61 bits per heavy atom. The van der Waals surface area contributed by atoms with Crippen molar-refractivity contribution in [2.45, 2.75) is 19.3 Å². The SMILES string of the molecule is O=C(c1ccc(Cl)nc1)c1ccc2c(c1)CCC2. The summed E-state index contributed by atoms with van der Waals surface area (Å²) in [4.78, 5) is 16.2. The first kappa shape index (κ1) is 11.4. The number of fused-ring (bicyclic) bond motifs is 1. The molecule has 1 aliphatic rings. The normalized spacial score (nSPS) is 13.4. The topological polar surface area (TPSA) is 30.0 Å². The Morgan fingerprint density at radius 1 is 1.06 bits per heavy atom. The van der Waals surface area contributed by atoms with E-state index in [1.165, 1.54) is 23.7 Å². The molecule has 3 rings (SSSR count). The van der Waals surface area contributed by atoms with E-state index >= 15 is 0 Å². The van der Waals surface area contributed by atoms with Gasteiger partial charge in [0.2, 0.25) is 0 Å². The van der Waals surface area contributed by atoms with Gasteiger partial charge >= 0.3 is 0 Å². The maximum Gasteiger partial charge on any atom is 0.194 e. The third-order valence-electron chi connectivity index (χ3n) is 3.35. The fourth-order valence-corrected chi connectivity index (χ4v) is 2.50. The minimum absolute atomic E-state index is 0.00821. The largest absolute Gasteiger partial charge is 0.289 e. The van der Waals surface area contributed by atoms with Gasteiger partial charge in [-0.2, -0.15) is 0 Å². The highest BCUT2D eigenvalue weighted by atomic mass is 35.5. The van der Waals surface area contributed by atoms with Crippen molar-refractivity contribution in [3.63, 3.8) is 0 Å². The van der Waals surface area contributed by atoms with Crippen LogP contribution in [0.15, 0.2) is 36.5 Å². The summed E-state index contributed by atoms with van der Waals surface area (Å²) in [5.74, 6) is 0.00821. The monoisotopic (exact) mass is 257 g/mol. The van der Waals surface area contributed by atoms with Crippen LogP contribution in [0.1, 0.15) is 33.5 Å². The summed E-state index contributed by atoms with van der Waals surface area (Å²) in [5, 5.41) is 0.403. The van der Waals surface area contributed by atoms with E-state index in [2.05, 4.69) is 11.1 Å². The summed E-state index contributed by atoms with van der Waals surface area (Å²) >= 11 is 5.72. The van der Waals surface area contributed by atoms with Crippen molar-refractivity contribution in [3.05, 3.63) is 63.9 Å². The summed E-state index contributed by atoms with van der Waals surface area (Å²) < 4.78 is 0. The van der Waals surface area contributed by atoms with E-state index in [1.54, 1.807) is 12.1 Å². The van der Waals surface area contributed by atoms with E-state index < -0.39 is 0 Å². The van der Waals surface area contributed by atoms with Crippen molar-refractivity contribution >= 4 is 17.4 Å². The van der Waals surface area contributed by atoms with E-state index in [1.807, 2.05) is 12.1 Å². The van der Waals surface area contributed by atoms with Gasteiger partial charge in [0.15, 0.2) is 5.78 Å². The summed E-state index contributed by atoms with van der Waals surface area (Å²) in [6.07, 6.45) is 4.93. The number of carbonyl (C=O) groups excluding carboxylic acids is 1. The number of carbonyl (C=O) groups is 1. The predicted molar refractivity (Wildman–Crippen MR) is 71.1 cm³/mol. The highest BCUT2D eigenvalue weighted by Gasteiger charge is 2.15. The number of ketones is 1. The van der Waals surface area contributed by atoms with Crippen LogP contribution in [0, 0.1) is 0 Å². The molecule has 2 nitrogen and oxygen atoms in total. The Labute approximate surface area is 111 Å². The van der Waals surface area contributed by atoms with Gasteiger partial charge in [-0.3, -0.25) is 4.79 Å². The Kier molecular flexibility index (Phi) is 2.88. The molecule has 1 aliphatic carbocycles. The van der Waals surface area contributed by atoms with Gasteiger partial charge in [0.1, 0.15) is 5.15 Å². The molecule has 0 radical (unpaired) electrons. The van der Waals surface area contributed by atoms with Gasteiger partial charge in [-0.05, 0) is 48.6 Å². The zero-order valence-electron chi connectivity index (χ0n) is 9.82. The number of benzene rings is 1. The first-order valence-corrected chi connectivity index (χ1v) is 6.40. The molecule has 0 bridgehead atoms. The van der Waals surface area contributed by atoms with Gasteiger partial charge in [-0.25, -0.2) is 4.98 Å². The molecule has 0 spiro atoms. The lowest BCUT2D eigenvalue weighted by atomic mass is 10.0. The number of rotatable bonds is 2. The van der Waals surface area contributed by atoms with Gasteiger partial charge in [-0.1, -0.05) is 23.7 Å². The Hall–Kier alpha value is -1.67. The van der Waals surface area contributed by atoms with E-state index in [9.17, 15) is 4.79 Å². The molecular weight excluding hydrogens is 246 g/mol. The van der Waals surface area contributed by atoms with Crippen molar-refractivity contribution in [1.82, 2.24) is 4.98 Å². The van der Waals surface area contributed by atoms with Gasteiger partial charge in [0.25, 0.3) is 0 Å². The number of hydrogen-bond donors (Lipinski definition) is 0. The fraction of sp³-hybridized carbons (Fsp3) is 0.200. The van der Waals surface area contributed by atoms with Crippen molar-refractivity contribution in [3.8, 4) is 0 Å². The summed E-state index contributed by atoms with van der Waals surface area (Å²) in [5.41, 5.74) is 4.00. The molecule has 3 heteroatoms. The van der Waals surface area contributed by atoms with Crippen molar-refractivity contribution < 1.29 is 4.79 Å². The van der Waals surface area contributed by atoms with Gasteiger partial charge in [0.05, 0.1) is 0 Å². The molecule has 0 fully saturated rings. The van der Waals surface area contributed by atoms with E-state index in [0.29, 0.717) is 10.7 Å². The van der Waals surface area contributed by atoms with Crippen LogP contribution < -0.4 is 0 Å². The highest BCUT2D eigenvalue weighted by molar-refractivity contribution is 6.29. The molecule has 2 aromatic rings. The van der Waals surface area contributed by atoms with Crippen LogP contribution in [0.3, 0.4) is 0 Å². The second-order valence-corrected chi connectivity index (χ2v) is 4.92. The average Bonchev–Trinajstić information content (AvgIpc) is 2.86. The Bertz CT molecular complexity index is 604. The molecule has 1 aromatic heterocycles. The molecule has 0 N–H and O–H groups in total. The van der Waals surface area contributed by atoms with E-state index in [4.69, 9.17) is 11.6 Å². The predicted octanol–water partition coefficient (Wildman–Crippen LogP) is 3.45. The van der Waals surface area contributed by atoms with Crippen LogP contribution >= 0.6 is 11.6 Å². The first-order valence-electron chi connectivity index (χ1n) is 6.02. The third kappa shape index (κ3) is 2.04. The lowest BCUT2D eigenvalue weighted by Gasteiger charge is -2.04. The van der Waals surface area contributed by atoms with Gasteiger partial charge in [-0.15, -0.1) is 0 Å². The van der Waals surface area contributed by atoms with Gasteiger partial charge in [0, 0.05) is 17.3 Å². The van der Waals surface area contributed by atoms with Crippen LogP contribution in [0.5, 0.6) is 0 Å². The molecule has 0 atom stereocenters. The van der Waals surface area contributed by atoms with Crippen LogP contribution in [-0.4, -0.2) is 10.8 Å². The summed E-state index contributed by atoms with van der Waals surface area (Å²) in [6, 6.07) is 9.34. The second-order valence-electron chi connectivity index (χ2n) is 4.54. The number of nitrogens with zero attached hydrogens (tertiary/aromatic N) is 1. The lowest BCUT2D eigenvalue weighted by molar-refractivity contribution is 0.103. The van der Waals surface area contributed by atoms with Crippen molar-refractivity contribution in [2.75, 3.05) is 0 Å².